The molecule has 22 heavy (non-hydrogen) atoms. The maximum atomic E-state index is 11.8. The molecule has 0 bridgehead atoms. The van der Waals surface area contributed by atoms with E-state index in [1.165, 1.54) is 5.56 Å². The molecule has 2 aromatic carbocycles. The number of nitrogens with zero attached hydrogens (tertiary/aromatic N) is 1. The van der Waals surface area contributed by atoms with Gasteiger partial charge in [0.2, 0.25) is 0 Å². The van der Waals surface area contributed by atoms with Crippen LogP contribution in [0.5, 0.6) is 5.75 Å². The van der Waals surface area contributed by atoms with E-state index in [1.807, 2.05) is 56.3 Å². The highest BCUT2D eigenvalue weighted by atomic mass is 16.5. The first-order chi connectivity index (χ1) is 10.7. The third-order valence-corrected chi connectivity index (χ3v) is 3.15. The number of carbonyl (C=O) groups excluding carboxylic acids is 1. The first-order valence-electron chi connectivity index (χ1n) is 7.29. The topological polar surface area (TPSA) is 50.7 Å². The molecule has 0 radical (unpaired) electrons. The Balaban J connectivity index is 1.91. The number of hydrogen-bond acceptors (Lipinski definition) is 3. The molecule has 0 saturated heterocycles. The van der Waals surface area contributed by atoms with Crippen molar-refractivity contribution in [1.29, 1.82) is 0 Å². The number of hydrogen-bond donors (Lipinski definition) is 1. The van der Waals surface area contributed by atoms with Crippen LogP contribution in [-0.2, 0) is 4.79 Å². The lowest BCUT2D eigenvalue weighted by molar-refractivity contribution is -0.123. The highest BCUT2D eigenvalue weighted by Gasteiger charge is 2.04. The molecule has 114 valence electrons. The summed E-state index contributed by atoms with van der Waals surface area (Å²) in [5.74, 6) is 0.387. The summed E-state index contributed by atoms with van der Waals surface area (Å²) in [7, 11) is 0. The zero-order valence-electron chi connectivity index (χ0n) is 12.9. The van der Waals surface area contributed by atoms with E-state index in [0.29, 0.717) is 5.75 Å². The van der Waals surface area contributed by atoms with E-state index in [2.05, 4.69) is 10.5 Å². The quantitative estimate of drug-likeness (QED) is 0.657. The van der Waals surface area contributed by atoms with E-state index in [4.69, 9.17) is 4.74 Å². The van der Waals surface area contributed by atoms with Gasteiger partial charge in [-0.1, -0.05) is 55.0 Å². The average molecular weight is 296 g/mol. The van der Waals surface area contributed by atoms with E-state index in [0.717, 1.165) is 17.7 Å². The minimum Gasteiger partial charge on any atom is -0.484 e. The Kier molecular flexibility index (Phi) is 5.72. The Morgan fingerprint density at radius 3 is 2.41 bits per heavy atom. The van der Waals surface area contributed by atoms with Gasteiger partial charge in [0.25, 0.3) is 5.91 Å². The molecule has 0 aromatic heterocycles. The summed E-state index contributed by atoms with van der Waals surface area (Å²) in [6.07, 6.45) is 0.739. The van der Waals surface area contributed by atoms with Gasteiger partial charge in [-0.05, 0) is 31.0 Å². The number of ether oxygens (including phenoxy) is 1. The third kappa shape index (κ3) is 4.74. The molecule has 0 fully saturated rings. The van der Waals surface area contributed by atoms with E-state index in [9.17, 15) is 4.79 Å². The minimum absolute atomic E-state index is 0.0571. The van der Waals surface area contributed by atoms with Crippen molar-refractivity contribution in [3.05, 3.63) is 65.7 Å². The van der Waals surface area contributed by atoms with Gasteiger partial charge in [0, 0.05) is 0 Å². The molecule has 0 aliphatic rings. The van der Waals surface area contributed by atoms with Crippen molar-refractivity contribution >= 4 is 11.6 Å². The molecule has 0 spiro atoms. The molecule has 0 aliphatic heterocycles. The average Bonchev–Trinajstić information content (AvgIpc) is 2.56. The monoisotopic (exact) mass is 296 g/mol. The maximum absolute atomic E-state index is 11.8. The van der Waals surface area contributed by atoms with Crippen LogP contribution in [0.1, 0.15) is 24.5 Å². The Hall–Kier alpha value is -2.62. The van der Waals surface area contributed by atoms with Crippen LogP contribution >= 0.6 is 0 Å². The number of nitrogens with one attached hydrogen (secondary N) is 1. The second kappa shape index (κ2) is 7.98. The van der Waals surface area contributed by atoms with Gasteiger partial charge >= 0.3 is 0 Å². The lowest BCUT2D eigenvalue weighted by Gasteiger charge is -2.07. The van der Waals surface area contributed by atoms with Crippen molar-refractivity contribution in [1.82, 2.24) is 5.43 Å². The number of para-hydroxylation sites is 1. The lowest BCUT2D eigenvalue weighted by atomic mass is 10.1. The number of benzene rings is 2. The molecule has 1 amide bonds. The third-order valence-electron chi connectivity index (χ3n) is 3.15. The van der Waals surface area contributed by atoms with Crippen LogP contribution in [0.25, 0.3) is 0 Å². The Bertz CT molecular complexity index is 634. The van der Waals surface area contributed by atoms with Gasteiger partial charge < -0.3 is 4.74 Å². The molecule has 2 rings (SSSR count). The SMILES string of the molecule is CC/C(=N\NC(=O)COc1ccccc1)c1ccc(C)cc1. The minimum atomic E-state index is -0.276. The van der Waals surface area contributed by atoms with Crippen LogP contribution in [0.3, 0.4) is 0 Å². The van der Waals surface area contributed by atoms with Crippen LogP contribution in [-0.4, -0.2) is 18.2 Å². The van der Waals surface area contributed by atoms with E-state index >= 15 is 0 Å². The second-order valence-corrected chi connectivity index (χ2v) is 4.91. The van der Waals surface area contributed by atoms with Crippen LogP contribution in [0, 0.1) is 6.92 Å². The highest BCUT2D eigenvalue weighted by Crippen LogP contribution is 2.08. The number of amides is 1. The fraction of sp³-hybridized carbons (Fsp3) is 0.222. The summed E-state index contributed by atoms with van der Waals surface area (Å²) in [5.41, 5.74) is 5.59. The van der Waals surface area contributed by atoms with Gasteiger partial charge in [-0.15, -0.1) is 0 Å². The molecular weight excluding hydrogens is 276 g/mol. The molecule has 2 aromatic rings. The Morgan fingerprint density at radius 1 is 1.09 bits per heavy atom. The van der Waals surface area contributed by atoms with Crippen molar-refractivity contribution in [2.75, 3.05) is 6.61 Å². The predicted molar refractivity (Wildman–Crippen MR) is 88.1 cm³/mol. The molecule has 0 atom stereocenters. The van der Waals surface area contributed by atoms with Crippen LogP contribution in [0.4, 0.5) is 0 Å². The van der Waals surface area contributed by atoms with E-state index < -0.39 is 0 Å². The molecule has 0 aliphatic carbocycles. The Morgan fingerprint density at radius 2 is 1.77 bits per heavy atom. The zero-order chi connectivity index (χ0) is 15.8. The van der Waals surface area contributed by atoms with Crippen LogP contribution in [0.2, 0.25) is 0 Å². The fourth-order valence-electron chi connectivity index (χ4n) is 1.92. The van der Waals surface area contributed by atoms with Gasteiger partial charge in [0.15, 0.2) is 6.61 Å². The molecule has 1 N–H and O–H groups in total. The Labute approximate surface area is 130 Å². The number of carbonyl (C=O) groups is 1. The molecular formula is C18H20N2O2. The van der Waals surface area contributed by atoms with Crippen molar-refractivity contribution in [2.24, 2.45) is 5.10 Å². The standard InChI is InChI=1S/C18H20N2O2/c1-3-17(15-11-9-14(2)10-12-15)19-20-18(21)13-22-16-7-5-4-6-8-16/h4-12H,3,13H2,1-2H3,(H,20,21)/b19-17+. The van der Waals surface area contributed by atoms with Gasteiger partial charge in [0.1, 0.15) is 5.75 Å². The van der Waals surface area contributed by atoms with Gasteiger partial charge in [-0.2, -0.15) is 5.10 Å². The molecule has 4 nitrogen and oxygen atoms in total. The first-order valence-corrected chi connectivity index (χ1v) is 7.29. The smallest absolute Gasteiger partial charge is 0.277 e. The van der Waals surface area contributed by atoms with Gasteiger partial charge in [-0.25, -0.2) is 5.43 Å². The molecule has 0 unspecified atom stereocenters. The first kappa shape index (κ1) is 15.8. The lowest BCUT2D eigenvalue weighted by Crippen LogP contribution is -2.26. The summed E-state index contributed by atoms with van der Waals surface area (Å²) in [6, 6.07) is 17.3. The largest absolute Gasteiger partial charge is 0.484 e. The van der Waals surface area contributed by atoms with Crippen molar-refractivity contribution in [3.8, 4) is 5.75 Å². The van der Waals surface area contributed by atoms with Crippen molar-refractivity contribution in [2.45, 2.75) is 20.3 Å². The predicted octanol–water partition coefficient (Wildman–Crippen LogP) is 3.30. The highest BCUT2D eigenvalue weighted by molar-refractivity contribution is 6.00. The summed E-state index contributed by atoms with van der Waals surface area (Å²) in [6.45, 7) is 3.99. The van der Waals surface area contributed by atoms with Gasteiger partial charge in [-0.3, -0.25) is 4.79 Å². The molecule has 0 heterocycles. The maximum Gasteiger partial charge on any atom is 0.277 e. The fourth-order valence-corrected chi connectivity index (χ4v) is 1.92. The second-order valence-electron chi connectivity index (χ2n) is 4.91. The van der Waals surface area contributed by atoms with E-state index in [1.54, 1.807) is 12.1 Å². The van der Waals surface area contributed by atoms with Crippen molar-refractivity contribution in [3.63, 3.8) is 0 Å². The summed E-state index contributed by atoms with van der Waals surface area (Å²) in [5, 5.41) is 4.19. The van der Waals surface area contributed by atoms with Gasteiger partial charge in [0.05, 0.1) is 5.71 Å². The molecule has 4 heteroatoms. The summed E-state index contributed by atoms with van der Waals surface area (Å²) in [4.78, 5) is 11.8. The van der Waals surface area contributed by atoms with Crippen molar-refractivity contribution < 1.29 is 9.53 Å². The van der Waals surface area contributed by atoms with E-state index in [-0.39, 0.29) is 12.5 Å². The van der Waals surface area contributed by atoms with Crippen LogP contribution in [0.15, 0.2) is 59.7 Å². The normalized spacial score (nSPS) is 11.1. The number of aryl methyl sites for hydroxylation is 1. The molecule has 0 saturated carbocycles. The summed E-state index contributed by atoms with van der Waals surface area (Å²) >= 11 is 0. The summed E-state index contributed by atoms with van der Waals surface area (Å²) < 4.78 is 5.37. The van der Waals surface area contributed by atoms with Crippen LogP contribution < -0.4 is 10.2 Å². The number of hydrazone groups is 1. The zero-order valence-corrected chi connectivity index (χ0v) is 12.9. The number of rotatable bonds is 6.